The summed E-state index contributed by atoms with van der Waals surface area (Å²) >= 11 is 0. The molecule has 28 heavy (non-hydrogen) atoms. The summed E-state index contributed by atoms with van der Waals surface area (Å²) in [7, 11) is 1.66. The number of rotatable bonds is 2. The lowest BCUT2D eigenvalue weighted by atomic mass is 9.96. The van der Waals surface area contributed by atoms with Gasteiger partial charge in [-0.1, -0.05) is 54.6 Å². The monoisotopic (exact) mass is 382 g/mol. The zero-order chi connectivity index (χ0) is 20.1. The summed E-state index contributed by atoms with van der Waals surface area (Å²) in [5.74, 6) is -0.141. The highest BCUT2D eigenvalue weighted by Crippen LogP contribution is 2.42. The van der Waals surface area contributed by atoms with Gasteiger partial charge in [-0.05, 0) is 34.0 Å². The number of benzene rings is 3. The lowest BCUT2D eigenvalue weighted by Gasteiger charge is -2.24. The summed E-state index contributed by atoms with van der Waals surface area (Å²) < 4.78 is 39.3. The minimum absolute atomic E-state index is 0.0187. The van der Waals surface area contributed by atoms with Gasteiger partial charge >= 0.3 is 6.18 Å². The Morgan fingerprint density at radius 1 is 0.964 bits per heavy atom. The second kappa shape index (κ2) is 6.41. The maximum atomic E-state index is 13.1. The van der Waals surface area contributed by atoms with Crippen molar-refractivity contribution in [3.63, 3.8) is 0 Å². The quantitative estimate of drug-likeness (QED) is 0.589. The van der Waals surface area contributed by atoms with Crippen molar-refractivity contribution in [3.8, 4) is 0 Å². The van der Waals surface area contributed by atoms with Crippen LogP contribution in [0.1, 0.15) is 22.7 Å². The summed E-state index contributed by atoms with van der Waals surface area (Å²) in [6, 6.07) is 17.4. The molecule has 2 N–H and O–H groups in total. The molecule has 0 radical (unpaired) electrons. The van der Waals surface area contributed by atoms with E-state index in [4.69, 9.17) is 5.41 Å². The molecule has 0 spiro atoms. The maximum absolute atomic E-state index is 13.1. The Labute approximate surface area is 159 Å². The van der Waals surface area contributed by atoms with Gasteiger partial charge in [-0.25, -0.2) is 0 Å². The fraction of sp³-hybridized carbons (Fsp3) is 0.136. The molecule has 6 heteroatoms. The molecule has 4 rings (SSSR count). The van der Waals surface area contributed by atoms with Crippen LogP contribution in [0.4, 0.5) is 13.2 Å². The van der Waals surface area contributed by atoms with Crippen molar-refractivity contribution >= 4 is 22.2 Å². The van der Waals surface area contributed by atoms with E-state index in [0.717, 1.165) is 28.5 Å². The standard InChI is InChI=1S/C22H17F3N2O/c1-27-19(17-11-5-7-13-6-2-3-10-16(13)17)20(28)18(21(27)26)14-8-4-9-15(12-14)22(23,24)25/h2-12,19,26,28H,1H3. The van der Waals surface area contributed by atoms with Crippen molar-refractivity contribution in [2.45, 2.75) is 12.2 Å². The summed E-state index contributed by atoms with van der Waals surface area (Å²) in [6.07, 6.45) is -4.49. The molecule has 0 fully saturated rings. The van der Waals surface area contributed by atoms with Crippen LogP contribution in [-0.2, 0) is 6.18 Å². The first-order valence-corrected chi connectivity index (χ1v) is 8.69. The number of fused-ring (bicyclic) bond motifs is 1. The van der Waals surface area contributed by atoms with Gasteiger partial charge in [-0.2, -0.15) is 13.2 Å². The van der Waals surface area contributed by atoms with Crippen LogP contribution in [0.2, 0.25) is 0 Å². The molecule has 3 aromatic carbocycles. The fourth-order valence-corrected chi connectivity index (χ4v) is 3.73. The van der Waals surface area contributed by atoms with Crippen molar-refractivity contribution in [3.05, 3.63) is 89.2 Å². The first-order chi connectivity index (χ1) is 13.3. The SMILES string of the molecule is CN1C(=N)C(c2cccc(C(F)(F)F)c2)=C(O)C1c1cccc2ccccc12. The highest BCUT2D eigenvalue weighted by atomic mass is 19.4. The third kappa shape index (κ3) is 2.81. The normalized spacial score (nSPS) is 17.6. The van der Waals surface area contributed by atoms with Crippen LogP contribution in [0.25, 0.3) is 16.3 Å². The van der Waals surface area contributed by atoms with E-state index < -0.39 is 17.8 Å². The zero-order valence-electron chi connectivity index (χ0n) is 15.0. The fourth-order valence-electron chi connectivity index (χ4n) is 3.73. The average molecular weight is 382 g/mol. The van der Waals surface area contributed by atoms with E-state index in [1.807, 2.05) is 42.5 Å². The number of nitrogens with one attached hydrogen (secondary N) is 1. The number of likely N-dealkylation sites (N-methyl/N-ethyl adjacent to an activating group) is 1. The number of alkyl halides is 3. The van der Waals surface area contributed by atoms with E-state index in [1.54, 1.807) is 11.9 Å². The Kier molecular flexibility index (Phi) is 4.14. The van der Waals surface area contributed by atoms with Gasteiger partial charge in [0.25, 0.3) is 0 Å². The third-order valence-electron chi connectivity index (χ3n) is 5.09. The van der Waals surface area contributed by atoms with Crippen LogP contribution in [0.15, 0.2) is 72.5 Å². The van der Waals surface area contributed by atoms with Crippen molar-refractivity contribution in [2.24, 2.45) is 0 Å². The van der Waals surface area contributed by atoms with E-state index >= 15 is 0 Å². The Morgan fingerprint density at radius 3 is 2.39 bits per heavy atom. The smallest absolute Gasteiger partial charge is 0.416 e. The number of aliphatic hydroxyl groups excluding tert-OH is 1. The summed E-state index contributed by atoms with van der Waals surface area (Å²) in [4.78, 5) is 1.58. The lowest BCUT2D eigenvalue weighted by Crippen LogP contribution is -2.25. The summed E-state index contributed by atoms with van der Waals surface area (Å²) in [6.45, 7) is 0. The van der Waals surface area contributed by atoms with Crippen molar-refractivity contribution in [2.75, 3.05) is 7.05 Å². The highest BCUT2D eigenvalue weighted by molar-refractivity contribution is 6.24. The number of hydrogen-bond acceptors (Lipinski definition) is 2. The van der Waals surface area contributed by atoms with Crippen molar-refractivity contribution in [1.82, 2.24) is 4.90 Å². The average Bonchev–Trinajstić information content (AvgIpc) is 2.89. The van der Waals surface area contributed by atoms with Gasteiger partial charge in [-0.15, -0.1) is 0 Å². The van der Waals surface area contributed by atoms with Gasteiger partial charge in [0.05, 0.1) is 11.1 Å². The van der Waals surface area contributed by atoms with Crippen molar-refractivity contribution in [1.29, 1.82) is 5.41 Å². The molecule has 0 bridgehead atoms. The molecule has 0 amide bonds. The number of aliphatic hydroxyl groups is 1. The molecular weight excluding hydrogens is 365 g/mol. The van der Waals surface area contributed by atoms with E-state index in [2.05, 4.69) is 0 Å². The Bertz CT molecular complexity index is 1110. The molecule has 142 valence electrons. The number of hydrogen-bond donors (Lipinski definition) is 2. The molecule has 3 nitrogen and oxygen atoms in total. The predicted molar refractivity (Wildman–Crippen MR) is 103 cm³/mol. The molecule has 1 aliphatic heterocycles. The first kappa shape index (κ1) is 18.1. The van der Waals surface area contributed by atoms with Gasteiger partial charge < -0.3 is 10.0 Å². The summed E-state index contributed by atoms with van der Waals surface area (Å²) in [5, 5.41) is 21.3. The number of amidine groups is 1. The molecule has 1 unspecified atom stereocenters. The largest absolute Gasteiger partial charge is 0.509 e. The molecule has 1 atom stereocenters. The van der Waals surface area contributed by atoms with E-state index in [0.29, 0.717) is 0 Å². The van der Waals surface area contributed by atoms with Crippen LogP contribution in [-0.4, -0.2) is 22.9 Å². The molecule has 0 saturated carbocycles. The molecule has 0 aromatic heterocycles. The second-order valence-electron chi connectivity index (χ2n) is 6.77. The number of nitrogens with zero attached hydrogens (tertiary/aromatic N) is 1. The van der Waals surface area contributed by atoms with E-state index in [9.17, 15) is 18.3 Å². The molecule has 3 aromatic rings. The van der Waals surface area contributed by atoms with Crippen LogP contribution >= 0.6 is 0 Å². The molecular formula is C22H17F3N2O. The van der Waals surface area contributed by atoms with Gasteiger partial charge in [0.1, 0.15) is 17.6 Å². The van der Waals surface area contributed by atoms with Gasteiger partial charge in [0.2, 0.25) is 0 Å². The van der Waals surface area contributed by atoms with E-state index in [-0.39, 0.29) is 22.7 Å². The van der Waals surface area contributed by atoms with Gasteiger partial charge in [0.15, 0.2) is 0 Å². The zero-order valence-corrected chi connectivity index (χ0v) is 15.0. The van der Waals surface area contributed by atoms with Crippen molar-refractivity contribution < 1.29 is 18.3 Å². The van der Waals surface area contributed by atoms with Crippen LogP contribution in [0.3, 0.4) is 0 Å². The molecule has 0 aliphatic carbocycles. The lowest BCUT2D eigenvalue weighted by molar-refractivity contribution is -0.137. The number of halogens is 3. The van der Waals surface area contributed by atoms with Gasteiger partial charge in [0, 0.05) is 7.05 Å². The Hall–Kier alpha value is -3.28. The van der Waals surface area contributed by atoms with Crippen LogP contribution in [0.5, 0.6) is 0 Å². The first-order valence-electron chi connectivity index (χ1n) is 8.69. The second-order valence-corrected chi connectivity index (χ2v) is 6.77. The molecule has 1 heterocycles. The minimum atomic E-state index is -4.49. The third-order valence-corrected chi connectivity index (χ3v) is 5.09. The predicted octanol–water partition coefficient (Wildman–Crippen LogP) is 5.79. The van der Waals surface area contributed by atoms with Gasteiger partial charge in [-0.3, -0.25) is 5.41 Å². The van der Waals surface area contributed by atoms with Crippen LogP contribution < -0.4 is 0 Å². The minimum Gasteiger partial charge on any atom is -0.509 e. The molecule has 1 aliphatic rings. The summed E-state index contributed by atoms with van der Waals surface area (Å²) in [5.41, 5.74) is 0.276. The van der Waals surface area contributed by atoms with E-state index in [1.165, 1.54) is 12.1 Å². The maximum Gasteiger partial charge on any atom is 0.416 e. The topological polar surface area (TPSA) is 47.3 Å². The Balaban J connectivity index is 1.88. The highest BCUT2D eigenvalue weighted by Gasteiger charge is 2.38. The van der Waals surface area contributed by atoms with Crippen LogP contribution in [0, 0.1) is 5.41 Å². The molecule has 0 saturated heterocycles. The Morgan fingerprint density at radius 2 is 1.64 bits per heavy atom.